The molecule has 1 saturated heterocycles. The molecule has 0 bridgehead atoms. The van der Waals surface area contributed by atoms with Crippen LogP contribution in [0.15, 0.2) is 39.4 Å². The van der Waals surface area contributed by atoms with E-state index in [1.807, 2.05) is 0 Å². The van der Waals surface area contributed by atoms with Crippen molar-refractivity contribution in [3.63, 3.8) is 0 Å². The first-order valence-electron chi connectivity index (χ1n) is 9.04. The summed E-state index contributed by atoms with van der Waals surface area (Å²) >= 11 is 4.53. The van der Waals surface area contributed by atoms with Crippen molar-refractivity contribution < 1.29 is 18.3 Å². The lowest BCUT2D eigenvalue weighted by atomic mass is 10.3. The zero-order chi connectivity index (χ0) is 19.5. The van der Waals surface area contributed by atoms with Gasteiger partial charge in [-0.25, -0.2) is 9.37 Å². The van der Waals surface area contributed by atoms with Gasteiger partial charge in [0.15, 0.2) is 15.6 Å². The Morgan fingerprint density at radius 3 is 2.82 bits per heavy atom. The summed E-state index contributed by atoms with van der Waals surface area (Å²) in [5.41, 5.74) is 0.286. The van der Waals surface area contributed by atoms with Crippen LogP contribution in [0.1, 0.15) is 17.0 Å². The lowest BCUT2D eigenvalue weighted by Gasteiger charge is -2.27. The molecule has 148 valence electrons. The summed E-state index contributed by atoms with van der Waals surface area (Å²) in [5.74, 6) is -0.452. The lowest BCUT2D eigenvalue weighted by molar-refractivity contribution is 0.0376. The molecule has 0 unspecified atom stereocenters. The molecule has 1 aromatic carbocycles. The van der Waals surface area contributed by atoms with Gasteiger partial charge in [0.2, 0.25) is 0 Å². The molecule has 28 heavy (non-hydrogen) atoms. The zero-order valence-electron chi connectivity index (χ0n) is 15.1. The van der Waals surface area contributed by atoms with Crippen LogP contribution in [0.25, 0.3) is 10.2 Å². The minimum Gasteiger partial charge on any atom is -0.444 e. The number of carbonyl (C=O) groups excluding carboxylic acids is 1. The number of morpholine rings is 1. The molecule has 4 rings (SSSR count). The Hall–Kier alpha value is -1.81. The van der Waals surface area contributed by atoms with Crippen molar-refractivity contribution in [3.8, 4) is 0 Å². The Kier molecular flexibility index (Phi) is 6.05. The largest absolute Gasteiger partial charge is 0.444 e. The molecule has 6 nitrogen and oxygen atoms in total. The number of furan rings is 1. The van der Waals surface area contributed by atoms with E-state index in [-0.39, 0.29) is 23.0 Å². The monoisotopic (exact) mass is 467 g/mol. The molecule has 0 saturated carbocycles. The van der Waals surface area contributed by atoms with Crippen LogP contribution >= 0.6 is 27.3 Å². The van der Waals surface area contributed by atoms with Gasteiger partial charge in [-0.15, -0.1) is 0 Å². The predicted molar refractivity (Wildman–Crippen MR) is 110 cm³/mol. The van der Waals surface area contributed by atoms with Crippen molar-refractivity contribution in [1.82, 2.24) is 9.88 Å². The van der Waals surface area contributed by atoms with Gasteiger partial charge < -0.3 is 9.15 Å². The normalized spacial score (nSPS) is 15.2. The second-order valence-electron chi connectivity index (χ2n) is 6.45. The molecule has 1 aliphatic rings. The standard InChI is InChI=1S/C19H19BrFN3O3S/c20-16-6-5-14(27-16)18(25)24(8-2-7-23-9-11-26-12-10-23)19-22-17-13(21)3-1-4-15(17)28-19/h1,3-6H,2,7-12H2. The van der Waals surface area contributed by atoms with Gasteiger partial charge in [0.1, 0.15) is 11.3 Å². The fraction of sp³-hybridized carbons (Fsp3) is 0.368. The molecule has 1 aliphatic heterocycles. The molecule has 3 heterocycles. The first kappa shape index (κ1) is 19.5. The first-order valence-corrected chi connectivity index (χ1v) is 10.6. The second-order valence-corrected chi connectivity index (χ2v) is 8.24. The van der Waals surface area contributed by atoms with Crippen LogP contribution in [0.3, 0.4) is 0 Å². The van der Waals surface area contributed by atoms with Crippen molar-refractivity contribution in [2.24, 2.45) is 0 Å². The molecular weight excluding hydrogens is 449 g/mol. The molecule has 0 radical (unpaired) electrons. The van der Waals surface area contributed by atoms with Crippen LogP contribution in [-0.4, -0.2) is 55.2 Å². The van der Waals surface area contributed by atoms with Crippen LogP contribution in [0.4, 0.5) is 9.52 Å². The molecule has 1 amide bonds. The topological polar surface area (TPSA) is 58.8 Å². The van der Waals surface area contributed by atoms with Crippen molar-refractivity contribution in [2.45, 2.75) is 6.42 Å². The highest BCUT2D eigenvalue weighted by molar-refractivity contribution is 9.10. The van der Waals surface area contributed by atoms with E-state index in [1.54, 1.807) is 29.2 Å². The fourth-order valence-corrected chi connectivity index (χ4v) is 4.45. The number of amides is 1. The highest BCUT2D eigenvalue weighted by Crippen LogP contribution is 2.31. The third kappa shape index (κ3) is 4.27. The quantitative estimate of drug-likeness (QED) is 0.544. The summed E-state index contributed by atoms with van der Waals surface area (Å²) in [7, 11) is 0. The zero-order valence-corrected chi connectivity index (χ0v) is 17.5. The van der Waals surface area contributed by atoms with Gasteiger partial charge in [-0.2, -0.15) is 0 Å². The van der Waals surface area contributed by atoms with E-state index < -0.39 is 0 Å². The van der Waals surface area contributed by atoms with Crippen molar-refractivity contribution in [1.29, 1.82) is 0 Å². The maximum Gasteiger partial charge on any atom is 0.295 e. The Labute approximate surface area is 174 Å². The molecule has 3 aromatic rings. The van der Waals surface area contributed by atoms with Gasteiger partial charge in [0.05, 0.1) is 17.9 Å². The average Bonchev–Trinajstić information content (AvgIpc) is 3.33. The van der Waals surface area contributed by atoms with Crippen molar-refractivity contribution in [2.75, 3.05) is 44.3 Å². The van der Waals surface area contributed by atoms with E-state index in [9.17, 15) is 9.18 Å². The second kappa shape index (κ2) is 8.69. The van der Waals surface area contributed by atoms with E-state index >= 15 is 0 Å². The smallest absolute Gasteiger partial charge is 0.295 e. The number of carbonyl (C=O) groups is 1. The number of anilines is 1. The molecule has 1 fully saturated rings. The van der Waals surface area contributed by atoms with Gasteiger partial charge in [0, 0.05) is 26.2 Å². The van der Waals surface area contributed by atoms with Crippen molar-refractivity contribution in [3.05, 3.63) is 46.6 Å². The first-order chi connectivity index (χ1) is 13.6. The maximum absolute atomic E-state index is 14.1. The Morgan fingerprint density at radius 1 is 1.29 bits per heavy atom. The average molecular weight is 468 g/mol. The van der Waals surface area contributed by atoms with E-state index in [0.29, 0.717) is 21.0 Å². The number of ether oxygens (including phenoxy) is 1. The third-order valence-electron chi connectivity index (χ3n) is 4.58. The van der Waals surface area contributed by atoms with Gasteiger partial charge >= 0.3 is 0 Å². The highest BCUT2D eigenvalue weighted by atomic mass is 79.9. The molecule has 0 spiro atoms. The fourth-order valence-electron chi connectivity index (χ4n) is 3.14. The van der Waals surface area contributed by atoms with Crippen molar-refractivity contribution >= 4 is 48.5 Å². The van der Waals surface area contributed by atoms with Crippen LogP contribution in [-0.2, 0) is 4.74 Å². The number of hydrogen-bond acceptors (Lipinski definition) is 6. The summed E-state index contributed by atoms with van der Waals surface area (Å²) in [6, 6.07) is 8.12. The van der Waals surface area contributed by atoms with Gasteiger partial charge in [-0.3, -0.25) is 14.6 Å². The van der Waals surface area contributed by atoms with Crippen LogP contribution in [0, 0.1) is 5.82 Å². The summed E-state index contributed by atoms with van der Waals surface area (Å²) in [4.78, 5) is 21.3. The van der Waals surface area contributed by atoms with Gasteiger partial charge in [-0.1, -0.05) is 17.4 Å². The lowest BCUT2D eigenvalue weighted by Crippen LogP contribution is -2.39. The number of fused-ring (bicyclic) bond motifs is 1. The minimum absolute atomic E-state index is 0.220. The number of aromatic nitrogens is 1. The number of thiazole rings is 1. The Morgan fingerprint density at radius 2 is 2.11 bits per heavy atom. The van der Waals surface area contributed by atoms with Gasteiger partial charge in [-0.05, 0) is 46.6 Å². The van der Waals surface area contributed by atoms with Crippen LogP contribution < -0.4 is 4.90 Å². The predicted octanol–water partition coefficient (Wildman–Crippen LogP) is 4.16. The van der Waals surface area contributed by atoms with E-state index in [0.717, 1.165) is 39.3 Å². The van der Waals surface area contributed by atoms with E-state index in [1.165, 1.54) is 17.4 Å². The van der Waals surface area contributed by atoms with Gasteiger partial charge in [0.25, 0.3) is 5.91 Å². The van der Waals surface area contributed by atoms with Crippen LogP contribution in [0.5, 0.6) is 0 Å². The Bertz CT molecular complexity index is 970. The number of benzene rings is 1. The number of para-hydroxylation sites is 1. The number of nitrogens with zero attached hydrogens (tertiary/aromatic N) is 3. The molecule has 0 aliphatic carbocycles. The molecule has 0 atom stereocenters. The molecule has 2 aromatic heterocycles. The number of rotatable bonds is 6. The third-order valence-corrected chi connectivity index (χ3v) is 6.05. The molecule has 9 heteroatoms. The summed E-state index contributed by atoms with van der Waals surface area (Å²) in [6.07, 6.45) is 0.770. The van der Waals surface area contributed by atoms with E-state index in [4.69, 9.17) is 9.15 Å². The van der Waals surface area contributed by atoms with Crippen LogP contribution in [0.2, 0.25) is 0 Å². The Balaban J connectivity index is 1.56. The van der Waals surface area contributed by atoms with E-state index in [2.05, 4.69) is 25.8 Å². The maximum atomic E-state index is 14.1. The number of hydrogen-bond donors (Lipinski definition) is 0. The summed E-state index contributed by atoms with van der Waals surface area (Å²) in [6.45, 7) is 4.58. The molecule has 0 N–H and O–H groups in total. The minimum atomic E-state index is -0.388. The highest BCUT2D eigenvalue weighted by Gasteiger charge is 2.24. The summed E-state index contributed by atoms with van der Waals surface area (Å²) < 4.78 is 26.1. The summed E-state index contributed by atoms with van der Waals surface area (Å²) in [5, 5.41) is 0.472. The number of halogens is 2. The SMILES string of the molecule is O=C(c1ccc(Br)o1)N(CCCN1CCOCC1)c1nc2c(F)cccc2s1. The molecular formula is C19H19BrFN3O3S.